The summed E-state index contributed by atoms with van der Waals surface area (Å²) in [7, 11) is 0. The lowest BCUT2D eigenvalue weighted by Crippen LogP contribution is -2.45. The lowest BCUT2D eigenvalue weighted by atomic mass is 9.88. The minimum Gasteiger partial charge on any atom is -0.376 e. The van der Waals surface area contributed by atoms with E-state index in [1.54, 1.807) is 17.0 Å². The Kier molecular flexibility index (Phi) is 6.79. The van der Waals surface area contributed by atoms with Crippen LogP contribution < -0.4 is 4.90 Å². The van der Waals surface area contributed by atoms with Gasteiger partial charge in [0.05, 0.1) is 28.8 Å². The number of allylic oxidation sites excluding steroid dienone is 1. The smallest absolute Gasteiger partial charge is 0.266 e. The Morgan fingerprint density at radius 3 is 2.72 bits per heavy atom. The largest absolute Gasteiger partial charge is 0.376 e. The SMILES string of the molecule is CCN1c2cc(F)c(/C=C3/SC(=Nc4ccccc4)N(CC4CCCO4)C3=O)cc2C(C)=CC1(C)C. The van der Waals surface area contributed by atoms with E-state index in [9.17, 15) is 4.79 Å². The van der Waals surface area contributed by atoms with E-state index in [1.807, 2.05) is 36.4 Å². The number of hydrogen-bond acceptors (Lipinski definition) is 5. The summed E-state index contributed by atoms with van der Waals surface area (Å²) < 4.78 is 21.2. The molecule has 3 aliphatic heterocycles. The van der Waals surface area contributed by atoms with E-state index >= 15 is 4.39 Å². The molecule has 3 heterocycles. The number of carbonyl (C=O) groups excluding carboxylic acids is 1. The van der Waals surface area contributed by atoms with Crippen molar-refractivity contribution in [1.82, 2.24) is 4.90 Å². The maximum atomic E-state index is 15.4. The second-order valence-electron chi connectivity index (χ2n) is 10.0. The average molecular weight is 506 g/mol. The number of likely N-dealkylation sites (N-methyl/N-ethyl adjacent to an activating group) is 1. The fourth-order valence-corrected chi connectivity index (χ4v) is 6.30. The molecule has 7 heteroatoms. The normalized spacial score (nSPS) is 23.5. The van der Waals surface area contributed by atoms with E-state index in [2.05, 4.69) is 38.7 Å². The third-order valence-corrected chi connectivity index (χ3v) is 7.98. The van der Waals surface area contributed by atoms with Crippen LogP contribution in [0.2, 0.25) is 0 Å². The van der Waals surface area contributed by atoms with Crippen LogP contribution in [0.25, 0.3) is 11.6 Å². The van der Waals surface area contributed by atoms with Crippen LogP contribution in [0.1, 0.15) is 51.7 Å². The molecule has 5 nitrogen and oxygen atoms in total. The summed E-state index contributed by atoms with van der Waals surface area (Å²) in [6.45, 7) is 10.4. The summed E-state index contributed by atoms with van der Waals surface area (Å²) in [4.78, 5) is 22.6. The number of rotatable bonds is 5. The Bertz CT molecular complexity index is 1260. The molecule has 1 unspecified atom stereocenters. The third-order valence-electron chi connectivity index (χ3n) is 6.98. The van der Waals surface area contributed by atoms with Gasteiger partial charge in [-0.05, 0) is 88.2 Å². The maximum Gasteiger partial charge on any atom is 0.266 e. The first kappa shape index (κ1) is 24.8. The molecular formula is C29H32FN3O2S. The van der Waals surface area contributed by atoms with E-state index < -0.39 is 0 Å². The lowest BCUT2D eigenvalue weighted by molar-refractivity contribution is -0.123. The van der Waals surface area contributed by atoms with Crippen molar-refractivity contribution in [1.29, 1.82) is 0 Å². The van der Waals surface area contributed by atoms with Crippen LogP contribution in [0.3, 0.4) is 0 Å². The van der Waals surface area contributed by atoms with Gasteiger partial charge < -0.3 is 9.64 Å². The molecule has 0 bridgehead atoms. The van der Waals surface area contributed by atoms with Crippen molar-refractivity contribution in [3.05, 3.63) is 70.4 Å². The van der Waals surface area contributed by atoms with Gasteiger partial charge in [0, 0.05) is 30.0 Å². The standard InChI is InChI=1S/C29H32FN3O2S/c1-5-33-25-16-24(30)20(14-23(25)19(2)17-29(33,3)4)15-26-27(34)32(18-22-12-9-13-35-22)28(36-26)31-21-10-7-6-8-11-21/h6-8,10-11,14-17,22H,5,9,12-13,18H2,1-4H3/b26-15+,31-28?. The number of thioether (sulfide) groups is 1. The van der Waals surface area contributed by atoms with Gasteiger partial charge in [-0.15, -0.1) is 0 Å². The first-order chi connectivity index (χ1) is 17.3. The number of hydrogen-bond donors (Lipinski definition) is 0. The van der Waals surface area contributed by atoms with Gasteiger partial charge in [0.15, 0.2) is 5.17 Å². The van der Waals surface area contributed by atoms with Crippen molar-refractivity contribution in [3.63, 3.8) is 0 Å². The molecule has 2 saturated heterocycles. The zero-order chi connectivity index (χ0) is 25.4. The third kappa shape index (κ3) is 4.74. The first-order valence-electron chi connectivity index (χ1n) is 12.5. The quantitative estimate of drug-likeness (QED) is 0.428. The molecule has 3 aliphatic rings. The Labute approximate surface area is 216 Å². The van der Waals surface area contributed by atoms with E-state index in [-0.39, 0.29) is 23.4 Å². The summed E-state index contributed by atoms with van der Waals surface area (Å²) in [5.74, 6) is -0.497. The minimum absolute atomic E-state index is 0.00785. The van der Waals surface area contributed by atoms with Crippen LogP contribution in [0.5, 0.6) is 0 Å². The molecule has 0 N–H and O–H groups in total. The number of ether oxygens (including phenoxy) is 1. The summed E-state index contributed by atoms with van der Waals surface area (Å²) in [5, 5.41) is 0.598. The highest BCUT2D eigenvalue weighted by Gasteiger charge is 2.36. The predicted octanol–water partition coefficient (Wildman–Crippen LogP) is 6.63. The van der Waals surface area contributed by atoms with Gasteiger partial charge in [-0.2, -0.15) is 0 Å². The van der Waals surface area contributed by atoms with Crippen LogP contribution in [-0.2, 0) is 9.53 Å². The van der Waals surface area contributed by atoms with Gasteiger partial charge in [0.2, 0.25) is 0 Å². The number of amidine groups is 1. The van der Waals surface area contributed by atoms with Crippen molar-refractivity contribution in [2.75, 3.05) is 24.6 Å². The molecule has 0 aliphatic carbocycles. The molecule has 2 aromatic carbocycles. The van der Waals surface area contributed by atoms with Crippen molar-refractivity contribution in [3.8, 4) is 0 Å². The van der Waals surface area contributed by atoms with Crippen molar-refractivity contribution < 1.29 is 13.9 Å². The highest BCUT2D eigenvalue weighted by atomic mass is 32.2. The summed E-state index contributed by atoms with van der Waals surface area (Å²) in [5.41, 5.74) is 3.98. The van der Waals surface area contributed by atoms with Crippen LogP contribution in [0.15, 0.2) is 58.4 Å². The second kappa shape index (κ2) is 9.87. The van der Waals surface area contributed by atoms with Crippen molar-refractivity contribution >= 4 is 45.9 Å². The highest BCUT2D eigenvalue weighted by molar-refractivity contribution is 8.18. The molecule has 1 atom stereocenters. The van der Waals surface area contributed by atoms with E-state index in [1.165, 1.54) is 11.8 Å². The number of carbonyl (C=O) groups is 1. The molecular weight excluding hydrogens is 473 g/mol. The molecule has 2 aromatic rings. The number of anilines is 1. The predicted molar refractivity (Wildman–Crippen MR) is 147 cm³/mol. The van der Waals surface area contributed by atoms with Crippen LogP contribution >= 0.6 is 11.8 Å². The topological polar surface area (TPSA) is 45.1 Å². The summed E-state index contributed by atoms with van der Waals surface area (Å²) >= 11 is 1.29. The monoisotopic (exact) mass is 505 g/mol. The lowest BCUT2D eigenvalue weighted by Gasteiger charge is -2.42. The number of halogens is 1. The molecule has 5 rings (SSSR count). The molecule has 2 fully saturated rings. The number of benzene rings is 2. The van der Waals surface area contributed by atoms with E-state index in [0.29, 0.717) is 28.8 Å². The number of aliphatic imine (C=N–C) groups is 1. The molecule has 1 amide bonds. The van der Waals surface area contributed by atoms with E-state index in [0.717, 1.165) is 41.9 Å². The number of fused-ring (bicyclic) bond motifs is 1. The zero-order valence-electron chi connectivity index (χ0n) is 21.3. The van der Waals surface area contributed by atoms with Crippen LogP contribution in [-0.4, -0.2) is 47.3 Å². The Morgan fingerprint density at radius 1 is 1.25 bits per heavy atom. The Balaban J connectivity index is 1.52. The molecule has 36 heavy (non-hydrogen) atoms. The average Bonchev–Trinajstić information content (AvgIpc) is 3.45. The maximum absolute atomic E-state index is 15.4. The number of nitrogens with zero attached hydrogens (tertiary/aromatic N) is 3. The van der Waals surface area contributed by atoms with Gasteiger partial charge in [-0.3, -0.25) is 9.69 Å². The highest BCUT2D eigenvalue weighted by Crippen LogP contribution is 2.41. The second-order valence-corrected chi connectivity index (χ2v) is 11.0. The molecule has 0 radical (unpaired) electrons. The molecule has 0 aromatic heterocycles. The number of amides is 1. The van der Waals surface area contributed by atoms with Crippen LogP contribution in [0.4, 0.5) is 15.8 Å². The van der Waals surface area contributed by atoms with Gasteiger partial charge in [0.1, 0.15) is 5.82 Å². The first-order valence-corrected chi connectivity index (χ1v) is 13.4. The Morgan fingerprint density at radius 2 is 2.03 bits per heavy atom. The molecule has 0 spiro atoms. The Hall–Kier alpha value is -2.90. The van der Waals surface area contributed by atoms with Gasteiger partial charge in [-0.1, -0.05) is 24.3 Å². The van der Waals surface area contributed by atoms with Gasteiger partial charge >= 0.3 is 0 Å². The zero-order valence-corrected chi connectivity index (χ0v) is 22.1. The summed E-state index contributed by atoms with van der Waals surface area (Å²) in [6.07, 6.45) is 5.79. The van der Waals surface area contributed by atoms with Gasteiger partial charge in [-0.25, -0.2) is 9.38 Å². The van der Waals surface area contributed by atoms with Crippen molar-refractivity contribution in [2.24, 2.45) is 4.99 Å². The minimum atomic E-state index is -0.335. The fraction of sp³-hybridized carbons (Fsp3) is 0.379. The van der Waals surface area contributed by atoms with Gasteiger partial charge in [0.25, 0.3) is 5.91 Å². The van der Waals surface area contributed by atoms with E-state index in [4.69, 9.17) is 9.73 Å². The van der Waals surface area contributed by atoms with Crippen molar-refractivity contribution in [2.45, 2.75) is 52.2 Å². The summed E-state index contributed by atoms with van der Waals surface area (Å²) in [6, 6.07) is 13.1. The number of para-hydroxylation sites is 1. The molecule has 188 valence electrons. The fourth-order valence-electron chi connectivity index (χ4n) is 5.30. The molecule has 0 saturated carbocycles. The van der Waals surface area contributed by atoms with Crippen LogP contribution in [0, 0.1) is 5.82 Å².